The number of nitrogens with one attached hydrogen (secondary N) is 2. The van der Waals surface area contributed by atoms with Gasteiger partial charge in [0.05, 0.1) is 12.1 Å². The minimum absolute atomic E-state index is 0.0529. The van der Waals surface area contributed by atoms with Crippen LogP contribution in [-0.4, -0.2) is 35.3 Å². The molecule has 1 amide bonds. The molecule has 3 aromatic carbocycles. The van der Waals surface area contributed by atoms with Gasteiger partial charge in [-0.25, -0.2) is 0 Å². The lowest BCUT2D eigenvalue weighted by atomic mass is 9.88. The lowest BCUT2D eigenvalue weighted by Gasteiger charge is -2.39. The molecule has 1 aliphatic heterocycles. The molecule has 1 aliphatic rings. The van der Waals surface area contributed by atoms with Crippen LogP contribution in [0.25, 0.3) is 0 Å². The topological polar surface area (TPSA) is 70.6 Å². The van der Waals surface area contributed by atoms with Gasteiger partial charge in [-0.3, -0.25) is 4.79 Å². The zero-order chi connectivity index (χ0) is 24.8. The van der Waals surface area contributed by atoms with E-state index in [1.165, 1.54) is 5.56 Å². The number of rotatable bonds is 9. The summed E-state index contributed by atoms with van der Waals surface area (Å²) < 4.78 is 6.22. The molecule has 0 fully saturated rings. The Balaban J connectivity index is 1.50. The van der Waals surface area contributed by atoms with E-state index in [1.807, 2.05) is 48.5 Å². The third-order valence-corrected chi connectivity index (χ3v) is 6.63. The standard InChI is InChI=1S/C30H36N2O3/c1-4-21-15-16-28-24(17-21)26(19-30(2,3)35-28)31-20-27(33)25(18-22-11-7-5-8-12-22)32-29(34)23-13-9-6-10-14-23/h5-17,25-27,31,33H,4,18-20H2,1-3H3,(H,32,34)/t25-,26-,27-/m0/s1. The summed E-state index contributed by atoms with van der Waals surface area (Å²) in [5.74, 6) is 0.708. The lowest BCUT2D eigenvalue weighted by Crippen LogP contribution is -2.50. The van der Waals surface area contributed by atoms with Gasteiger partial charge in [0.25, 0.3) is 5.91 Å². The number of aliphatic hydroxyl groups is 1. The Hall–Kier alpha value is -3.15. The molecule has 0 bridgehead atoms. The lowest BCUT2D eigenvalue weighted by molar-refractivity contribution is 0.0582. The van der Waals surface area contributed by atoms with Crippen molar-refractivity contribution in [2.45, 2.75) is 63.8 Å². The molecule has 35 heavy (non-hydrogen) atoms. The SMILES string of the molecule is CCc1ccc2c(c1)[C@@H](NC[C@H](O)[C@H](Cc1ccccc1)NC(=O)c1ccccc1)CC(C)(C)O2. The van der Waals surface area contributed by atoms with E-state index < -0.39 is 12.1 Å². The van der Waals surface area contributed by atoms with Crippen LogP contribution in [0.2, 0.25) is 0 Å². The van der Waals surface area contributed by atoms with E-state index in [-0.39, 0.29) is 17.6 Å². The number of carbonyl (C=O) groups is 1. The molecule has 184 valence electrons. The fourth-order valence-corrected chi connectivity index (χ4v) is 4.70. The maximum Gasteiger partial charge on any atom is 0.251 e. The van der Waals surface area contributed by atoms with Crippen molar-refractivity contribution in [3.05, 3.63) is 101 Å². The van der Waals surface area contributed by atoms with E-state index in [1.54, 1.807) is 12.1 Å². The van der Waals surface area contributed by atoms with Crippen LogP contribution in [0.4, 0.5) is 0 Å². The Bertz CT molecular complexity index is 1110. The summed E-state index contributed by atoms with van der Waals surface area (Å²) in [6.45, 7) is 6.67. The van der Waals surface area contributed by atoms with Gasteiger partial charge in [-0.1, -0.05) is 67.6 Å². The van der Waals surface area contributed by atoms with Gasteiger partial charge in [0.1, 0.15) is 11.4 Å². The van der Waals surface area contributed by atoms with Crippen LogP contribution >= 0.6 is 0 Å². The average molecular weight is 473 g/mol. The van der Waals surface area contributed by atoms with Crippen LogP contribution in [0.5, 0.6) is 5.75 Å². The summed E-state index contributed by atoms with van der Waals surface area (Å²) >= 11 is 0. The molecule has 3 N–H and O–H groups in total. The quantitative estimate of drug-likeness (QED) is 0.417. The number of benzene rings is 3. The number of fused-ring (bicyclic) bond motifs is 1. The van der Waals surface area contributed by atoms with Gasteiger partial charge in [0, 0.05) is 30.1 Å². The molecule has 0 aromatic heterocycles. The smallest absolute Gasteiger partial charge is 0.251 e. The molecular weight excluding hydrogens is 436 g/mol. The predicted molar refractivity (Wildman–Crippen MR) is 140 cm³/mol. The van der Waals surface area contributed by atoms with Gasteiger partial charge in [-0.2, -0.15) is 0 Å². The van der Waals surface area contributed by atoms with Crippen LogP contribution in [0, 0.1) is 0 Å². The number of hydrogen-bond acceptors (Lipinski definition) is 4. The van der Waals surface area contributed by atoms with Gasteiger partial charge in [0.2, 0.25) is 0 Å². The molecule has 0 radical (unpaired) electrons. The van der Waals surface area contributed by atoms with Crippen LogP contribution in [0.15, 0.2) is 78.9 Å². The molecule has 0 unspecified atom stereocenters. The first-order valence-electron chi connectivity index (χ1n) is 12.5. The van der Waals surface area contributed by atoms with E-state index in [2.05, 4.69) is 49.6 Å². The van der Waals surface area contributed by atoms with Crippen molar-refractivity contribution >= 4 is 5.91 Å². The Morgan fingerprint density at radius 1 is 1.03 bits per heavy atom. The fourth-order valence-electron chi connectivity index (χ4n) is 4.70. The average Bonchev–Trinajstić information content (AvgIpc) is 2.87. The van der Waals surface area contributed by atoms with E-state index in [4.69, 9.17) is 4.74 Å². The first kappa shape index (κ1) is 25.0. The van der Waals surface area contributed by atoms with Crippen molar-refractivity contribution in [2.75, 3.05) is 6.54 Å². The Kier molecular flexibility index (Phi) is 7.89. The first-order chi connectivity index (χ1) is 16.8. The normalized spacial score (nSPS) is 18.1. The van der Waals surface area contributed by atoms with Crippen molar-refractivity contribution in [3.63, 3.8) is 0 Å². The molecule has 5 nitrogen and oxygen atoms in total. The van der Waals surface area contributed by atoms with Gasteiger partial charge in [0.15, 0.2) is 0 Å². The molecule has 3 aromatic rings. The first-order valence-corrected chi connectivity index (χ1v) is 12.5. The summed E-state index contributed by atoms with van der Waals surface area (Å²) in [4.78, 5) is 12.9. The third-order valence-electron chi connectivity index (χ3n) is 6.63. The maximum absolute atomic E-state index is 12.9. The molecule has 0 saturated heterocycles. The summed E-state index contributed by atoms with van der Waals surface area (Å²) in [7, 11) is 0. The summed E-state index contributed by atoms with van der Waals surface area (Å²) in [6.07, 6.45) is 1.51. The Morgan fingerprint density at radius 3 is 2.40 bits per heavy atom. The fraction of sp³-hybridized carbons (Fsp3) is 0.367. The molecular formula is C30H36N2O3. The van der Waals surface area contributed by atoms with E-state index in [0.717, 1.165) is 29.7 Å². The second kappa shape index (κ2) is 11.1. The highest BCUT2D eigenvalue weighted by Crippen LogP contribution is 2.40. The van der Waals surface area contributed by atoms with Crippen LogP contribution in [0.3, 0.4) is 0 Å². The Morgan fingerprint density at radius 2 is 1.71 bits per heavy atom. The minimum atomic E-state index is -0.772. The van der Waals surface area contributed by atoms with Gasteiger partial charge >= 0.3 is 0 Å². The van der Waals surface area contributed by atoms with Crippen LogP contribution in [0.1, 0.15) is 60.3 Å². The van der Waals surface area contributed by atoms with Gasteiger partial charge < -0.3 is 20.5 Å². The van der Waals surface area contributed by atoms with Crippen LogP contribution in [-0.2, 0) is 12.8 Å². The summed E-state index contributed by atoms with van der Waals surface area (Å²) in [5.41, 5.74) is 3.72. The number of ether oxygens (including phenoxy) is 1. The van der Waals surface area contributed by atoms with Crippen molar-refractivity contribution in [2.24, 2.45) is 0 Å². The third kappa shape index (κ3) is 6.50. The van der Waals surface area contributed by atoms with Crippen molar-refractivity contribution in [1.82, 2.24) is 10.6 Å². The van der Waals surface area contributed by atoms with Crippen LogP contribution < -0.4 is 15.4 Å². The van der Waals surface area contributed by atoms with E-state index in [0.29, 0.717) is 18.5 Å². The summed E-state index contributed by atoms with van der Waals surface area (Å²) in [6, 6.07) is 25.1. The molecule has 0 saturated carbocycles. The van der Waals surface area contributed by atoms with Gasteiger partial charge in [-0.05, 0) is 56.0 Å². The maximum atomic E-state index is 12.9. The number of aryl methyl sites for hydroxylation is 1. The molecule has 4 rings (SSSR count). The Labute approximate surface area is 208 Å². The minimum Gasteiger partial charge on any atom is -0.487 e. The second-order valence-electron chi connectivity index (χ2n) is 9.96. The highest BCUT2D eigenvalue weighted by Gasteiger charge is 2.34. The highest BCUT2D eigenvalue weighted by atomic mass is 16.5. The number of hydrogen-bond donors (Lipinski definition) is 3. The number of amides is 1. The monoisotopic (exact) mass is 472 g/mol. The second-order valence-corrected chi connectivity index (χ2v) is 9.96. The number of aliphatic hydroxyl groups excluding tert-OH is 1. The highest BCUT2D eigenvalue weighted by molar-refractivity contribution is 5.94. The predicted octanol–water partition coefficient (Wildman–Crippen LogP) is 4.84. The van der Waals surface area contributed by atoms with E-state index in [9.17, 15) is 9.90 Å². The molecule has 0 spiro atoms. The van der Waals surface area contributed by atoms with E-state index >= 15 is 0 Å². The van der Waals surface area contributed by atoms with Gasteiger partial charge in [-0.15, -0.1) is 0 Å². The molecule has 1 heterocycles. The zero-order valence-corrected chi connectivity index (χ0v) is 20.8. The van der Waals surface area contributed by atoms with Crippen molar-refractivity contribution < 1.29 is 14.6 Å². The summed E-state index contributed by atoms with van der Waals surface area (Å²) in [5, 5.41) is 17.9. The zero-order valence-electron chi connectivity index (χ0n) is 20.8. The molecule has 5 heteroatoms. The number of carbonyl (C=O) groups excluding carboxylic acids is 1. The molecule has 3 atom stereocenters. The molecule has 0 aliphatic carbocycles. The largest absolute Gasteiger partial charge is 0.487 e. The van der Waals surface area contributed by atoms with Crippen molar-refractivity contribution in [1.29, 1.82) is 0 Å². The van der Waals surface area contributed by atoms with Crippen molar-refractivity contribution in [3.8, 4) is 5.75 Å².